The average molecular weight is 416 g/mol. The van der Waals surface area contributed by atoms with Crippen LogP contribution in [0.1, 0.15) is 20.8 Å². The Morgan fingerprint density at radius 1 is 1.14 bits per heavy atom. The summed E-state index contributed by atoms with van der Waals surface area (Å²) in [4.78, 5) is 15.0. The van der Waals surface area contributed by atoms with Gasteiger partial charge in [-0.3, -0.25) is 9.52 Å². The van der Waals surface area contributed by atoms with Crippen LogP contribution in [-0.2, 0) is 22.2 Å². The monoisotopic (exact) mass is 416 g/mol. The summed E-state index contributed by atoms with van der Waals surface area (Å²) in [6.45, 7) is 0.567. The summed E-state index contributed by atoms with van der Waals surface area (Å²) in [7, 11) is -3.63. The van der Waals surface area contributed by atoms with Crippen molar-refractivity contribution in [1.29, 1.82) is 0 Å². The lowest BCUT2D eigenvalue weighted by molar-refractivity contribution is 0.0993. The summed E-state index contributed by atoms with van der Waals surface area (Å²) in [5.41, 5.74) is 2.68. The van der Waals surface area contributed by atoms with Gasteiger partial charge in [-0.25, -0.2) is 12.8 Å². The molecular weight excluding hydrogens is 399 g/mol. The third-order valence-corrected chi connectivity index (χ3v) is 6.61. The number of benzene rings is 2. The molecule has 8 heteroatoms. The zero-order chi connectivity index (χ0) is 19.7. The van der Waals surface area contributed by atoms with Crippen molar-refractivity contribution in [2.45, 2.75) is 12.2 Å². The second kappa shape index (κ2) is 7.37. The fourth-order valence-electron chi connectivity index (χ4n) is 3.23. The lowest BCUT2D eigenvalue weighted by Gasteiger charge is -2.17. The molecule has 1 amide bonds. The first kappa shape index (κ1) is 18.6. The zero-order valence-corrected chi connectivity index (χ0v) is 16.4. The topological polar surface area (TPSA) is 66.5 Å². The molecule has 144 valence electrons. The van der Waals surface area contributed by atoms with E-state index in [1.807, 2.05) is 11.4 Å². The largest absolute Gasteiger partial charge is 0.307 e. The van der Waals surface area contributed by atoms with E-state index in [0.717, 1.165) is 11.3 Å². The van der Waals surface area contributed by atoms with E-state index < -0.39 is 15.8 Å². The molecule has 0 saturated carbocycles. The quantitative estimate of drug-likeness (QED) is 0.683. The first-order valence-corrected chi connectivity index (χ1v) is 11.2. The molecule has 0 fully saturated rings. The number of carbonyl (C=O) groups excluding carboxylic acids is 1. The third kappa shape index (κ3) is 3.93. The molecule has 0 atom stereocenters. The van der Waals surface area contributed by atoms with Crippen LogP contribution in [0, 0.1) is 5.82 Å². The van der Waals surface area contributed by atoms with Gasteiger partial charge in [0.15, 0.2) is 0 Å². The van der Waals surface area contributed by atoms with Gasteiger partial charge >= 0.3 is 0 Å². The summed E-state index contributed by atoms with van der Waals surface area (Å²) in [6.07, 6.45) is 0.667. The van der Waals surface area contributed by atoms with Crippen molar-refractivity contribution in [3.63, 3.8) is 0 Å². The SMILES string of the molecule is O=C(c1cccs1)N1CCc2cc(NS(=O)(=O)Cc3ccc(F)cc3)ccc21. The van der Waals surface area contributed by atoms with Crippen molar-refractivity contribution >= 4 is 38.6 Å². The lowest BCUT2D eigenvalue weighted by atomic mass is 10.1. The number of hydrogen-bond acceptors (Lipinski definition) is 4. The molecule has 1 aliphatic heterocycles. The maximum Gasteiger partial charge on any atom is 0.268 e. The van der Waals surface area contributed by atoms with Crippen molar-refractivity contribution in [1.82, 2.24) is 0 Å². The number of nitrogens with zero attached hydrogens (tertiary/aromatic N) is 1. The van der Waals surface area contributed by atoms with E-state index in [4.69, 9.17) is 0 Å². The molecule has 3 aromatic rings. The Kier molecular flexibility index (Phi) is 4.91. The third-order valence-electron chi connectivity index (χ3n) is 4.50. The van der Waals surface area contributed by atoms with Gasteiger partial charge in [0.05, 0.1) is 10.6 Å². The summed E-state index contributed by atoms with van der Waals surface area (Å²) < 4.78 is 40.4. The molecule has 2 aromatic carbocycles. The lowest BCUT2D eigenvalue weighted by Crippen LogP contribution is -2.28. The van der Waals surface area contributed by atoms with Crippen LogP contribution in [0.15, 0.2) is 60.0 Å². The highest BCUT2D eigenvalue weighted by Gasteiger charge is 2.26. The van der Waals surface area contributed by atoms with Gasteiger partial charge in [0.1, 0.15) is 5.82 Å². The van der Waals surface area contributed by atoms with Gasteiger partial charge in [-0.1, -0.05) is 18.2 Å². The Labute approximate surface area is 166 Å². The van der Waals surface area contributed by atoms with Gasteiger partial charge in [-0.2, -0.15) is 0 Å². The predicted molar refractivity (Wildman–Crippen MR) is 109 cm³/mol. The van der Waals surface area contributed by atoms with Crippen LogP contribution >= 0.6 is 11.3 Å². The Bertz CT molecular complexity index is 1110. The predicted octanol–water partition coefficient (Wildman–Crippen LogP) is 4.03. The highest BCUT2D eigenvalue weighted by Crippen LogP contribution is 2.32. The van der Waals surface area contributed by atoms with Crippen molar-refractivity contribution < 1.29 is 17.6 Å². The van der Waals surface area contributed by atoms with Crippen molar-refractivity contribution in [3.8, 4) is 0 Å². The van der Waals surface area contributed by atoms with E-state index >= 15 is 0 Å². The minimum absolute atomic E-state index is 0.0432. The molecule has 0 unspecified atom stereocenters. The number of nitrogens with one attached hydrogen (secondary N) is 1. The molecule has 0 radical (unpaired) electrons. The van der Waals surface area contributed by atoms with E-state index in [9.17, 15) is 17.6 Å². The maximum atomic E-state index is 13.0. The molecule has 1 aromatic heterocycles. The van der Waals surface area contributed by atoms with Crippen LogP contribution < -0.4 is 9.62 Å². The van der Waals surface area contributed by atoms with E-state index in [2.05, 4.69) is 4.72 Å². The van der Waals surface area contributed by atoms with Crippen molar-refractivity contribution in [2.24, 2.45) is 0 Å². The zero-order valence-electron chi connectivity index (χ0n) is 14.8. The number of carbonyl (C=O) groups is 1. The second-order valence-corrected chi connectivity index (χ2v) is 9.19. The molecule has 0 saturated heterocycles. The van der Waals surface area contributed by atoms with Gasteiger partial charge < -0.3 is 4.90 Å². The van der Waals surface area contributed by atoms with Crippen molar-refractivity contribution in [3.05, 3.63) is 81.8 Å². The van der Waals surface area contributed by atoms with Crippen LogP contribution in [0.4, 0.5) is 15.8 Å². The number of rotatable bonds is 5. The Morgan fingerprint density at radius 3 is 2.64 bits per heavy atom. The van der Waals surface area contributed by atoms with Gasteiger partial charge in [0, 0.05) is 17.9 Å². The van der Waals surface area contributed by atoms with Gasteiger partial charge in [0.25, 0.3) is 5.91 Å². The molecule has 4 rings (SSSR count). The molecule has 1 N–H and O–H groups in total. The van der Waals surface area contributed by atoms with Gasteiger partial charge in [0.2, 0.25) is 10.0 Å². The van der Waals surface area contributed by atoms with Crippen LogP contribution in [0.2, 0.25) is 0 Å². The first-order valence-electron chi connectivity index (χ1n) is 8.64. The molecule has 0 aliphatic carbocycles. The average Bonchev–Trinajstić information content (AvgIpc) is 3.32. The molecule has 28 heavy (non-hydrogen) atoms. The first-order chi connectivity index (χ1) is 13.4. The van der Waals surface area contributed by atoms with Gasteiger partial charge in [-0.15, -0.1) is 11.3 Å². The normalized spacial score (nSPS) is 13.4. The second-order valence-electron chi connectivity index (χ2n) is 6.52. The molecular formula is C20H17FN2O3S2. The summed E-state index contributed by atoms with van der Waals surface area (Å²) >= 11 is 1.40. The summed E-state index contributed by atoms with van der Waals surface area (Å²) in [5.74, 6) is -0.694. The number of anilines is 2. The molecule has 5 nitrogen and oxygen atoms in total. The Hall–Kier alpha value is -2.71. The number of halogens is 1. The van der Waals surface area contributed by atoms with E-state index in [0.29, 0.717) is 29.1 Å². The van der Waals surface area contributed by atoms with Crippen LogP contribution in [0.5, 0.6) is 0 Å². The van der Waals surface area contributed by atoms with Gasteiger partial charge in [-0.05, 0) is 59.3 Å². The number of fused-ring (bicyclic) bond motifs is 1. The smallest absolute Gasteiger partial charge is 0.268 e. The van der Waals surface area contributed by atoms with E-state index in [1.54, 1.807) is 29.2 Å². The Morgan fingerprint density at radius 2 is 1.93 bits per heavy atom. The van der Waals surface area contributed by atoms with Crippen molar-refractivity contribution in [2.75, 3.05) is 16.2 Å². The highest BCUT2D eigenvalue weighted by molar-refractivity contribution is 7.91. The molecule has 0 bridgehead atoms. The van der Waals surface area contributed by atoms with Crippen LogP contribution in [0.25, 0.3) is 0 Å². The fraction of sp³-hybridized carbons (Fsp3) is 0.150. The standard InChI is InChI=1S/C20H17FN2O3S2/c21-16-5-3-14(4-6-16)13-28(25,26)22-17-7-8-18-15(12-17)9-10-23(18)20(24)19-2-1-11-27-19/h1-8,11-12,22H,9-10,13H2. The van der Waals surface area contributed by atoms with E-state index in [1.165, 1.54) is 35.6 Å². The molecule has 2 heterocycles. The maximum absolute atomic E-state index is 13.0. The number of amides is 1. The van der Waals surface area contributed by atoms with Crippen LogP contribution in [0.3, 0.4) is 0 Å². The molecule has 1 aliphatic rings. The minimum Gasteiger partial charge on any atom is -0.307 e. The summed E-state index contributed by atoms with van der Waals surface area (Å²) in [5, 5.41) is 1.86. The number of sulfonamides is 1. The van der Waals surface area contributed by atoms with Crippen LogP contribution in [-0.4, -0.2) is 20.9 Å². The van der Waals surface area contributed by atoms with E-state index in [-0.39, 0.29) is 11.7 Å². The summed E-state index contributed by atoms with van der Waals surface area (Å²) in [6, 6.07) is 14.2. The Balaban J connectivity index is 1.50. The fourth-order valence-corrected chi connectivity index (χ4v) is 5.09. The highest BCUT2D eigenvalue weighted by atomic mass is 32.2. The number of thiophene rings is 1. The number of hydrogen-bond donors (Lipinski definition) is 1. The minimum atomic E-state index is -3.63. The molecule has 0 spiro atoms.